The molecular formula is C18H34O2. The second-order valence-corrected chi connectivity index (χ2v) is 3.75. The van der Waals surface area contributed by atoms with Gasteiger partial charge in [0.1, 0.15) is 13.6 Å². The molecule has 0 fully saturated rings. The summed E-state index contributed by atoms with van der Waals surface area (Å²) in [6.45, 7) is 25.3. The summed E-state index contributed by atoms with van der Waals surface area (Å²) in [6, 6.07) is 0. The highest BCUT2D eigenvalue weighted by molar-refractivity contribution is 5.48. The molecule has 1 aromatic rings. The first-order chi connectivity index (χ1) is 9.46. The van der Waals surface area contributed by atoms with Crippen molar-refractivity contribution in [1.29, 1.82) is 0 Å². The van der Waals surface area contributed by atoms with Crippen molar-refractivity contribution in [3.8, 4) is 0 Å². The van der Waals surface area contributed by atoms with E-state index in [-0.39, 0.29) is 0 Å². The average molecular weight is 282 g/mol. The molecule has 2 nitrogen and oxygen atoms in total. The van der Waals surface area contributed by atoms with Crippen LogP contribution in [0.5, 0.6) is 0 Å². The maximum Gasteiger partial charge on any atom is 0.106 e. The summed E-state index contributed by atoms with van der Waals surface area (Å²) in [7, 11) is 0. The van der Waals surface area contributed by atoms with E-state index in [9.17, 15) is 0 Å². The second kappa shape index (κ2) is 17.6. The molecule has 0 radical (unpaired) electrons. The SMILES string of the molecule is C=O.C=O.CC.CC.Cc1c(C)c(C)c(C)c(C)c1C. The zero-order valence-electron chi connectivity index (χ0n) is 15.2. The van der Waals surface area contributed by atoms with E-state index < -0.39 is 0 Å². The highest BCUT2D eigenvalue weighted by Crippen LogP contribution is 2.24. The highest BCUT2D eigenvalue weighted by atomic mass is 16.1. The topological polar surface area (TPSA) is 34.1 Å². The number of hydrogen-bond acceptors (Lipinski definition) is 2. The highest BCUT2D eigenvalue weighted by Gasteiger charge is 2.07. The minimum atomic E-state index is 1.45. The summed E-state index contributed by atoms with van der Waals surface area (Å²) in [5.74, 6) is 0. The van der Waals surface area contributed by atoms with Gasteiger partial charge < -0.3 is 9.59 Å². The van der Waals surface area contributed by atoms with Crippen LogP contribution in [0, 0.1) is 41.5 Å². The molecule has 20 heavy (non-hydrogen) atoms. The lowest BCUT2D eigenvalue weighted by atomic mass is 9.90. The summed E-state index contributed by atoms with van der Waals surface area (Å²) in [6.07, 6.45) is 0. The van der Waals surface area contributed by atoms with Gasteiger partial charge in [0, 0.05) is 0 Å². The van der Waals surface area contributed by atoms with Gasteiger partial charge in [-0.1, -0.05) is 27.7 Å². The molecule has 0 aliphatic carbocycles. The molecule has 1 rings (SSSR count). The quantitative estimate of drug-likeness (QED) is 0.653. The predicted molar refractivity (Wildman–Crippen MR) is 91.8 cm³/mol. The first kappa shape index (κ1) is 27.0. The van der Waals surface area contributed by atoms with Crippen LogP contribution in [0.2, 0.25) is 0 Å². The van der Waals surface area contributed by atoms with E-state index in [0.29, 0.717) is 0 Å². The van der Waals surface area contributed by atoms with Gasteiger partial charge in [0.25, 0.3) is 0 Å². The molecule has 0 heterocycles. The van der Waals surface area contributed by atoms with Crippen molar-refractivity contribution in [1.82, 2.24) is 0 Å². The first-order valence-corrected chi connectivity index (χ1v) is 7.08. The third kappa shape index (κ3) is 7.88. The molecular weight excluding hydrogens is 248 g/mol. The fourth-order valence-electron chi connectivity index (χ4n) is 1.69. The molecule has 118 valence electrons. The van der Waals surface area contributed by atoms with Gasteiger partial charge in [-0.15, -0.1) is 0 Å². The molecule has 0 aliphatic heterocycles. The summed E-state index contributed by atoms with van der Waals surface area (Å²) < 4.78 is 0. The second-order valence-electron chi connectivity index (χ2n) is 3.75. The maximum absolute atomic E-state index is 8.00. The Labute approximate surface area is 126 Å². The molecule has 0 saturated heterocycles. The summed E-state index contributed by atoms with van der Waals surface area (Å²) in [5.41, 5.74) is 8.73. The van der Waals surface area contributed by atoms with Gasteiger partial charge in [0.2, 0.25) is 0 Å². The van der Waals surface area contributed by atoms with Crippen LogP contribution in [-0.4, -0.2) is 13.6 Å². The summed E-state index contributed by atoms with van der Waals surface area (Å²) in [4.78, 5) is 16.0. The molecule has 0 N–H and O–H groups in total. The van der Waals surface area contributed by atoms with Crippen molar-refractivity contribution in [3.05, 3.63) is 33.4 Å². The smallest absolute Gasteiger partial charge is 0.106 e. The number of carbonyl (C=O) groups excluding carboxylic acids is 2. The third-order valence-electron chi connectivity index (χ3n) is 3.38. The van der Waals surface area contributed by atoms with Gasteiger partial charge in [-0.05, 0) is 74.9 Å². The Hall–Kier alpha value is -1.44. The molecule has 0 atom stereocenters. The molecule has 0 aliphatic rings. The first-order valence-electron chi connectivity index (χ1n) is 7.08. The lowest BCUT2D eigenvalue weighted by Gasteiger charge is -2.15. The van der Waals surface area contributed by atoms with Crippen molar-refractivity contribution < 1.29 is 9.59 Å². The molecule has 0 amide bonds. The minimum Gasteiger partial charge on any atom is -0.307 e. The fraction of sp³-hybridized carbons (Fsp3) is 0.556. The van der Waals surface area contributed by atoms with Gasteiger partial charge in [-0.3, -0.25) is 0 Å². The van der Waals surface area contributed by atoms with Gasteiger partial charge in [0.05, 0.1) is 0 Å². The van der Waals surface area contributed by atoms with Crippen LogP contribution >= 0.6 is 0 Å². The van der Waals surface area contributed by atoms with Gasteiger partial charge in [-0.25, -0.2) is 0 Å². The lowest BCUT2D eigenvalue weighted by molar-refractivity contribution is -0.0987. The van der Waals surface area contributed by atoms with E-state index in [1.54, 1.807) is 0 Å². The zero-order chi connectivity index (χ0) is 17.5. The van der Waals surface area contributed by atoms with Crippen molar-refractivity contribution in [2.24, 2.45) is 0 Å². The van der Waals surface area contributed by atoms with Crippen molar-refractivity contribution in [3.63, 3.8) is 0 Å². The largest absolute Gasteiger partial charge is 0.307 e. The van der Waals surface area contributed by atoms with Crippen LogP contribution in [0.4, 0.5) is 0 Å². The average Bonchev–Trinajstić information content (AvgIpc) is 2.56. The Kier molecular flexibility index (Phi) is 23.7. The zero-order valence-corrected chi connectivity index (χ0v) is 15.2. The maximum atomic E-state index is 8.00. The van der Waals surface area contributed by atoms with Crippen molar-refractivity contribution in [2.45, 2.75) is 69.2 Å². The predicted octanol–water partition coefficient (Wildman–Crippen LogP) is 5.22. The van der Waals surface area contributed by atoms with Crippen LogP contribution in [0.25, 0.3) is 0 Å². The standard InChI is InChI=1S/C12H18.2C2H6.2CH2O/c1-7-8(2)10(4)12(6)11(5)9(7)3;4*1-2/h1-6H3;2*1-2H3;2*1H2. The lowest BCUT2D eigenvalue weighted by Crippen LogP contribution is -1.98. The van der Waals surface area contributed by atoms with Gasteiger partial charge >= 0.3 is 0 Å². The Morgan fingerprint density at radius 3 is 0.500 bits per heavy atom. The molecule has 0 saturated carbocycles. The van der Waals surface area contributed by atoms with Gasteiger partial charge in [0.15, 0.2) is 0 Å². The summed E-state index contributed by atoms with van der Waals surface area (Å²) >= 11 is 0. The molecule has 0 spiro atoms. The van der Waals surface area contributed by atoms with Crippen LogP contribution in [0.3, 0.4) is 0 Å². The van der Waals surface area contributed by atoms with Crippen molar-refractivity contribution in [2.75, 3.05) is 0 Å². The van der Waals surface area contributed by atoms with Crippen LogP contribution in [0.1, 0.15) is 61.1 Å². The summed E-state index contributed by atoms with van der Waals surface area (Å²) in [5, 5.41) is 0. The Balaban J connectivity index is -0.000000138. The van der Waals surface area contributed by atoms with Crippen LogP contribution in [0.15, 0.2) is 0 Å². The minimum absolute atomic E-state index is 1.45. The van der Waals surface area contributed by atoms with E-state index >= 15 is 0 Å². The molecule has 2 heteroatoms. The number of benzene rings is 1. The monoisotopic (exact) mass is 282 g/mol. The Morgan fingerprint density at radius 1 is 0.400 bits per heavy atom. The Bertz CT molecular complexity index is 248. The van der Waals surface area contributed by atoms with E-state index in [1.165, 1.54) is 33.4 Å². The van der Waals surface area contributed by atoms with Crippen LogP contribution in [-0.2, 0) is 9.59 Å². The molecule has 1 aromatic carbocycles. The normalized spacial score (nSPS) is 7.30. The number of carbonyl (C=O) groups is 2. The number of rotatable bonds is 0. The van der Waals surface area contributed by atoms with Gasteiger partial charge in [-0.2, -0.15) is 0 Å². The van der Waals surface area contributed by atoms with E-state index in [2.05, 4.69) is 41.5 Å². The van der Waals surface area contributed by atoms with Crippen molar-refractivity contribution >= 4 is 13.6 Å². The fourth-order valence-corrected chi connectivity index (χ4v) is 1.69. The van der Waals surface area contributed by atoms with E-state index in [1.807, 2.05) is 41.3 Å². The molecule has 0 bridgehead atoms. The molecule has 0 aromatic heterocycles. The van der Waals surface area contributed by atoms with Crippen LogP contribution < -0.4 is 0 Å². The van der Waals surface area contributed by atoms with E-state index in [4.69, 9.17) is 9.59 Å². The van der Waals surface area contributed by atoms with E-state index in [0.717, 1.165) is 0 Å². The third-order valence-corrected chi connectivity index (χ3v) is 3.38. The number of hydrogen-bond donors (Lipinski definition) is 0. The Morgan fingerprint density at radius 2 is 0.450 bits per heavy atom. The molecule has 0 unspecified atom stereocenters.